The molecule has 2 aliphatic rings. The van der Waals surface area contributed by atoms with Gasteiger partial charge in [-0.2, -0.15) is 0 Å². The molecule has 238 valence electrons. The normalized spacial score (nSPS) is 15.3. The quantitative estimate of drug-likeness (QED) is 0.166. The van der Waals surface area contributed by atoms with Gasteiger partial charge in [0.2, 0.25) is 0 Å². The third-order valence-corrected chi connectivity index (χ3v) is 10.3. The number of thiazole rings is 1. The molecule has 0 saturated heterocycles. The minimum absolute atomic E-state index is 0.0565. The van der Waals surface area contributed by atoms with E-state index in [0.29, 0.717) is 37.9 Å². The first-order valence-corrected chi connectivity index (χ1v) is 16.9. The minimum Gasteiger partial charge on any atom is -0.493 e. The van der Waals surface area contributed by atoms with Crippen LogP contribution in [0.5, 0.6) is 23.0 Å². The largest absolute Gasteiger partial charge is 0.493 e. The lowest BCUT2D eigenvalue weighted by molar-refractivity contribution is 0.277. The molecule has 7 nitrogen and oxygen atoms in total. The Bertz CT molecular complexity index is 2240. The molecule has 0 amide bonds. The highest BCUT2D eigenvalue weighted by molar-refractivity contribution is 14.1. The highest BCUT2D eigenvalue weighted by Crippen LogP contribution is 2.43. The van der Waals surface area contributed by atoms with Gasteiger partial charge in [0.05, 0.1) is 41.2 Å². The van der Waals surface area contributed by atoms with Crippen LogP contribution in [0.3, 0.4) is 0 Å². The second-order valence-electron chi connectivity index (χ2n) is 11.1. The van der Waals surface area contributed by atoms with E-state index in [0.717, 1.165) is 44.4 Å². The van der Waals surface area contributed by atoms with E-state index in [4.69, 9.17) is 23.9 Å². The average molecular weight is 761 g/mol. The summed E-state index contributed by atoms with van der Waals surface area (Å²) in [6, 6.07) is 24.1. The van der Waals surface area contributed by atoms with E-state index in [1.54, 1.807) is 44.1 Å². The van der Waals surface area contributed by atoms with Crippen LogP contribution in [0.15, 0.2) is 94.2 Å². The number of nitrogens with zero attached hydrogens (tertiary/aromatic N) is 2. The van der Waals surface area contributed by atoms with E-state index in [9.17, 15) is 9.18 Å². The molecule has 0 unspecified atom stereocenters. The summed E-state index contributed by atoms with van der Waals surface area (Å²) in [7, 11) is 4.78. The van der Waals surface area contributed by atoms with Gasteiger partial charge in [-0.15, -0.1) is 0 Å². The van der Waals surface area contributed by atoms with Gasteiger partial charge in [0.15, 0.2) is 27.8 Å². The van der Waals surface area contributed by atoms with Crippen molar-refractivity contribution in [3.8, 4) is 23.0 Å². The molecule has 47 heavy (non-hydrogen) atoms. The summed E-state index contributed by atoms with van der Waals surface area (Å²) in [6.45, 7) is 0.0565. The molecule has 1 aromatic heterocycles. The van der Waals surface area contributed by atoms with Crippen molar-refractivity contribution >= 4 is 45.7 Å². The first-order chi connectivity index (χ1) is 22.9. The molecule has 0 saturated carbocycles. The van der Waals surface area contributed by atoms with Gasteiger partial charge in [-0.25, -0.2) is 9.38 Å². The lowest BCUT2D eigenvalue weighted by Gasteiger charge is -2.31. The Labute approximate surface area is 288 Å². The van der Waals surface area contributed by atoms with E-state index in [-0.39, 0.29) is 24.0 Å². The fourth-order valence-corrected chi connectivity index (χ4v) is 8.01. The molecule has 0 spiro atoms. The number of fused-ring (bicyclic) bond motifs is 3. The van der Waals surface area contributed by atoms with Gasteiger partial charge in [0.25, 0.3) is 5.56 Å². The van der Waals surface area contributed by atoms with Crippen molar-refractivity contribution in [2.24, 2.45) is 4.99 Å². The average Bonchev–Trinajstić information content (AvgIpc) is 3.40. The predicted octanol–water partition coefficient (Wildman–Crippen LogP) is 6.67. The summed E-state index contributed by atoms with van der Waals surface area (Å²) >= 11 is 3.53. The smallest absolute Gasteiger partial charge is 0.271 e. The molecule has 1 atom stereocenters. The molecule has 0 radical (unpaired) electrons. The zero-order valence-corrected chi connectivity index (χ0v) is 28.9. The van der Waals surface area contributed by atoms with Crippen LogP contribution in [0.1, 0.15) is 40.3 Å². The van der Waals surface area contributed by atoms with Crippen LogP contribution in [0.25, 0.3) is 11.8 Å². The molecule has 2 heterocycles. The lowest BCUT2D eigenvalue weighted by atomic mass is 9.83. The molecule has 1 aliphatic heterocycles. The number of rotatable bonds is 8. The van der Waals surface area contributed by atoms with E-state index in [2.05, 4.69) is 40.8 Å². The van der Waals surface area contributed by atoms with Crippen LogP contribution >= 0.6 is 33.9 Å². The van der Waals surface area contributed by atoms with Crippen molar-refractivity contribution in [1.82, 2.24) is 4.57 Å². The van der Waals surface area contributed by atoms with Crippen molar-refractivity contribution in [1.29, 1.82) is 0 Å². The third-order valence-electron chi connectivity index (χ3n) is 8.48. The molecular formula is C37H30FIN2O5S. The number of aromatic nitrogens is 1. The SMILES string of the molecule is COc1ccc([C@H]2C3=C(N=c4s/c(=C\c5cc(I)c(OCc6ccccc6F)c(OC)c5)c(=O)n42)c2ccccc2CC3)cc1OC. The molecule has 0 bridgehead atoms. The fraction of sp³-hybridized carbons (Fsp3) is 0.189. The first-order valence-electron chi connectivity index (χ1n) is 15.0. The molecule has 10 heteroatoms. The summed E-state index contributed by atoms with van der Waals surface area (Å²) in [5.74, 6) is 1.89. The van der Waals surface area contributed by atoms with Crippen molar-refractivity contribution in [2.75, 3.05) is 21.3 Å². The zero-order chi connectivity index (χ0) is 32.7. The molecule has 7 rings (SSSR count). The Morgan fingerprint density at radius 3 is 2.49 bits per heavy atom. The molecule has 1 aliphatic carbocycles. The predicted molar refractivity (Wildman–Crippen MR) is 189 cm³/mol. The second-order valence-corrected chi connectivity index (χ2v) is 13.3. The summed E-state index contributed by atoms with van der Waals surface area (Å²) < 4.78 is 40.2. The molecular weight excluding hydrogens is 730 g/mol. The number of ether oxygens (including phenoxy) is 4. The van der Waals surface area contributed by atoms with Crippen molar-refractivity contribution in [3.05, 3.63) is 141 Å². The number of hydrogen-bond donors (Lipinski definition) is 0. The molecule has 4 aromatic carbocycles. The Kier molecular flexibility index (Phi) is 8.63. The summed E-state index contributed by atoms with van der Waals surface area (Å²) in [5, 5.41) is 0. The van der Waals surface area contributed by atoms with Gasteiger partial charge in [0, 0.05) is 11.1 Å². The topological polar surface area (TPSA) is 71.3 Å². The highest BCUT2D eigenvalue weighted by Gasteiger charge is 2.33. The highest BCUT2D eigenvalue weighted by atomic mass is 127. The monoisotopic (exact) mass is 760 g/mol. The number of allylic oxidation sites excluding steroid dienone is 1. The van der Waals surface area contributed by atoms with E-state index >= 15 is 0 Å². The second kappa shape index (κ2) is 13.0. The van der Waals surface area contributed by atoms with Gasteiger partial charge in [-0.05, 0) is 94.1 Å². The maximum atomic E-state index is 14.3. The maximum Gasteiger partial charge on any atom is 0.271 e. The van der Waals surface area contributed by atoms with Crippen LogP contribution < -0.4 is 33.8 Å². The van der Waals surface area contributed by atoms with Crippen molar-refractivity contribution in [2.45, 2.75) is 25.5 Å². The molecule has 5 aromatic rings. The number of methoxy groups -OCH3 is 3. The van der Waals surface area contributed by atoms with Crippen molar-refractivity contribution in [3.63, 3.8) is 0 Å². The number of halogens is 2. The minimum atomic E-state index is -0.361. The Balaban J connectivity index is 1.35. The third kappa shape index (κ3) is 5.73. The van der Waals surface area contributed by atoms with Gasteiger partial charge < -0.3 is 18.9 Å². The van der Waals surface area contributed by atoms with E-state index in [1.807, 2.05) is 42.5 Å². The van der Waals surface area contributed by atoms with Crippen LogP contribution in [0.4, 0.5) is 4.39 Å². The summed E-state index contributed by atoms with van der Waals surface area (Å²) in [4.78, 5) is 20.1. The molecule has 0 fully saturated rings. The fourth-order valence-electron chi connectivity index (χ4n) is 6.23. The van der Waals surface area contributed by atoms with Gasteiger partial charge in [0.1, 0.15) is 12.4 Å². The van der Waals surface area contributed by atoms with Crippen LogP contribution in [0.2, 0.25) is 0 Å². The number of aryl methyl sites for hydroxylation is 1. The lowest BCUT2D eigenvalue weighted by Crippen LogP contribution is -2.38. The Morgan fingerprint density at radius 1 is 0.936 bits per heavy atom. The van der Waals surface area contributed by atoms with Crippen LogP contribution in [0, 0.1) is 9.39 Å². The van der Waals surface area contributed by atoms with Gasteiger partial charge >= 0.3 is 0 Å². The molecule has 0 N–H and O–H groups in total. The number of benzene rings is 4. The van der Waals surface area contributed by atoms with Crippen LogP contribution in [-0.4, -0.2) is 25.9 Å². The van der Waals surface area contributed by atoms with Gasteiger partial charge in [-0.3, -0.25) is 9.36 Å². The Hall–Kier alpha value is -4.42. The van der Waals surface area contributed by atoms with Crippen molar-refractivity contribution < 1.29 is 23.3 Å². The summed E-state index contributed by atoms with van der Waals surface area (Å²) in [5.41, 5.74) is 6.38. The maximum absolute atomic E-state index is 14.3. The van der Waals surface area contributed by atoms with Gasteiger partial charge in [-0.1, -0.05) is 59.9 Å². The standard InChI is InChI=1S/C37H30FIN2O5S/c1-43-29-15-13-23(19-30(29)44-2)34-26-14-12-22-8-4-6-10-25(22)33(26)40-37-41(34)36(42)32(47-37)18-21-16-28(39)35(31(17-21)45-3)46-20-24-9-5-7-11-27(24)38/h4-11,13,15-19,34H,12,14,20H2,1-3H3/b32-18-/t34-/m0/s1. The van der Waals surface area contributed by atoms with E-state index < -0.39 is 0 Å². The Morgan fingerprint density at radius 2 is 1.70 bits per heavy atom. The summed E-state index contributed by atoms with van der Waals surface area (Å²) in [6.07, 6.45) is 3.50. The number of hydrogen-bond acceptors (Lipinski definition) is 7. The zero-order valence-electron chi connectivity index (χ0n) is 25.9. The van der Waals surface area contributed by atoms with E-state index in [1.165, 1.54) is 23.0 Å². The first kappa shape index (κ1) is 31.2. The van der Waals surface area contributed by atoms with Crippen LogP contribution in [-0.2, 0) is 13.0 Å².